The van der Waals surface area contributed by atoms with Gasteiger partial charge in [0, 0.05) is 11.6 Å². The Morgan fingerprint density at radius 3 is 2.95 bits per heavy atom. The molecule has 0 bridgehead atoms. The number of benzene rings is 1. The SMILES string of the molecule is Cc1cccc(C(=O)OCc2nncn2C2CC2)c1[N+](=O)[O-]. The van der Waals surface area contributed by atoms with Crippen molar-refractivity contribution >= 4 is 11.7 Å². The van der Waals surface area contributed by atoms with Crippen LogP contribution in [0.5, 0.6) is 0 Å². The summed E-state index contributed by atoms with van der Waals surface area (Å²) < 4.78 is 7.04. The van der Waals surface area contributed by atoms with Crippen molar-refractivity contribution in [1.29, 1.82) is 0 Å². The molecule has 3 rings (SSSR count). The maximum absolute atomic E-state index is 12.1. The number of aromatic nitrogens is 3. The minimum Gasteiger partial charge on any atom is -0.454 e. The van der Waals surface area contributed by atoms with E-state index in [1.807, 2.05) is 4.57 Å². The predicted octanol–water partition coefficient (Wildman–Crippen LogP) is 2.19. The lowest BCUT2D eigenvalue weighted by Gasteiger charge is -2.07. The number of aryl methyl sites for hydroxylation is 1. The molecule has 8 heteroatoms. The van der Waals surface area contributed by atoms with Crippen molar-refractivity contribution in [3.63, 3.8) is 0 Å². The molecule has 1 aromatic carbocycles. The van der Waals surface area contributed by atoms with E-state index in [-0.39, 0.29) is 17.9 Å². The van der Waals surface area contributed by atoms with E-state index in [9.17, 15) is 14.9 Å². The number of esters is 1. The Morgan fingerprint density at radius 1 is 1.50 bits per heavy atom. The van der Waals surface area contributed by atoms with Crippen molar-refractivity contribution in [2.75, 3.05) is 0 Å². The number of nitro groups is 1. The molecule has 1 aliphatic carbocycles. The number of nitrogens with zero attached hydrogens (tertiary/aromatic N) is 4. The van der Waals surface area contributed by atoms with E-state index in [0.29, 0.717) is 17.4 Å². The summed E-state index contributed by atoms with van der Waals surface area (Å²) in [6, 6.07) is 4.93. The van der Waals surface area contributed by atoms with Gasteiger partial charge in [-0.15, -0.1) is 10.2 Å². The first kappa shape index (κ1) is 14.2. The van der Waals surface area contributed by atoms with Gasteiger partial charge in [0.05, 0.1) is 4.92 Å². The molecule has 1 fully saturated rings. The molecule has 0 atom stereocenters. The van der Waals surface area contributed by atoms with Crippen LogP contribution >= 0.6 is 0 Å². The van der Waals surface area contributed by atoms with E-state index in [1.54, 1.807) is 25.4 Å². The zero-order valence-corrected chi connectivity index (χ0v) is 11.9. The van der Waals surface area contributed by atoms with Crippen LogP contribution in [0, 0.1) is 17.0 Å². The normalized spacial score (nSPS) is 13.9. The smallest absolute Gasteiger partial charge is 0.345 e. The molecule has 0 amide bonds. The van der Waals surface area contributed by atoms with Crippen LogP contribution in [0.3, 0.4) is 0 Å². The number of carbonyl (C=O) groups is 1. The maximum atomic E-state index is 12.1. The van der Waals surface area contributed by atoms with Crippen LogP contribution in [0.15, 0.2) is 24.5 Å². The second-order valence-electron chi connectivity index (χ2n) is 5.19. The zero-order chi connectivity index (χ0) is 15.7. The molecular formula is C14H14N4O4. The van der Waals surface area contributed by atoms with E-state index in [4.69, 9.17) is 4.74 Å². The third-order valence-electron chi connectivity index (χ3n) is 3.56. The number of nitro benzene ring substituents is 1. The fourth-order valence-corrected chi connectivity index (χ4v) is 2.30. The van der Waals surface area contributed by atoms with Gasteiger partial charge >= 0.3 is 5.97 Å². The molecule has 0 unspecified atom stereocenters. The number of hydrogen-bond donors (Lipinski definition) is 0. The van der Waals surface area contributed by atoms with Gasteiger partial charge in [0.15, 0.2) is 12.4 Å². The van der Waals surface area contributed by atoms with Gasteiger partial charge in [-0.2, -0.15) is 0 Å². The number of ether oxygens (including phenoxy) is 1. The molecule has 8 nitrogen and oxygen atoms in total. The largest absolute Gasteiger partial charge is 0.454 e. The number of para-hydroxylation sites is 1. The fraction of sp³-hybridized carbons (Fsp3) is 0.357. The van der Waals surface area contributed by atoms with Gasteiger partial charge in [0.2, 0.25) is 0 Å². The van der Waals surface area contributed by atoms with Crippen LogP contribution in [0.25, 0.3) is 0 Å². The predicted molar refractivity (Wildman–Crippen MR) is 75.2 cm³/mol. The number of hydrogen-bond acceptors (Lipinski definition) is 6. The molecule has 0 saturated heterocycles. The third kappa shape index (κ3) is 2.67. The van der Waals surface area contributed by atoms with Gasteiger partial charge in [0.1, 0.15) is 11.9 Å². The van der Waals surface area contributed by atoms with Crippen molar-refractivity contribution in [1.82, 2.24) is 14.8 Å². The van der Waals surface area contributed by atoms with E-state index < -0.39 is 10.9 Å². The van der Waals surface area contributed by atoms with Gasteiger partial charge in [-0.05, 0) is 25.8 Å². The first-order valence-corrected chi connectivity index (χ1v) is 6.87. The first-order chi connectivity index (χ1) is 10.6. The fourth-order valence-electron chi connectivity index (χ4n) is 2.30. The molecule has 0 radical (unpaired) electrons. The molecule has 1 aliphatic rings. The molecule has 0 aliphatic heterocycles. The zero-order valence-electron chi connectivity index (χ0n) is 11.9. The summed E-state index contributed by atoms with van der Waals surface area (Å²) in [6.45, 7) is 1.53. The summed E-state index contributed by atoms with van der Waals surface area (Å²) in [5.41, 5.74) is 0.138. The van der Waals surface area contributed by atoms with Crippen molar-refractivity contribution < 1.29 is 14.5 Å². The van der Waals surface area contributed by atoms with Gasteiger partial charge < -0.3 is 9.30 Å². The molecule has 0 N–H and O–H groups in total. The topological polar surface area (TPSA) is 100 Å². The Bertz CT molecular complexity index is 736. The average Bonchev–Trinajstić information content (AvgIpc) is 3.22. The summed E-state index contributed by atoms with van der Waals surface area (Å²) in [5, 5.41) is 18.8. The van der Waals surface area contributed by atoms with Crippen molar-refractivity contribution in [3.8, 4) is 0 Å². The van der Waals surface area contributed by atoms with E-state index in [2.05, 4.69) is 10.2 Å². The maximum Gasteiger partial charge on any atom is 0.345 e. The average molecular weight is 302 g/mol. The second kappa shape index (κ2) is 5.55. The minimum atomic E-state index is -0.735. The number of rotatable bonds is 5. The summed E-state index contributed by atoms with van der Waals surface area (Å²) in [4.78, 5) is 22.7. The van der Waals surface area contributed by atoms with Crippen LogP contribution in [0.2, 0.25) is 0 Å². The summed E-state index contributed by atoms with van der Waals surface area (Å²) >= 11 is 0. The first-order valence-electron chi connectivity index (χ1n) is 6.87. The quantitative estimate of drug-likeness (QED) is 0.477. The van der Waals surface area contributed by atoms with E-state index >= 15 is 0 Å². The lowest BCUT2D eigenvalue weighted by atomic mass is 10.1. The highest BCUT2D eigenvalue weighted by atomic mass is 16.6. The standard InChI is InChI=1S/C14H14N4O4/c1-9-3-2-4-11(13(9)18(20)21)14(19)22-7-12-16-15-8-17(12)10-5-6-10/h2-4,8,10H,5-7H2,1H3. The highest BCUT2D eigenvalue weighted by molar-refractivity contribution is 5.94. The summed E-state index contributed by atoms with van der Waals surface area (Å²) in [5.74, 6) is -0.188. The van der Waals surface area contributed by atoms with Crippen LogP contribution < -0.4 is 0 Å². The van der Waals surface area contributed by atoms with Crippen molar-refractivity contribution in [3.05, 3.63) is 51.6 Å². The highest BCUT2D eigenvalue weighted by Crippen LogP contribution is 2.35. The van der Waals surface area contributed by atoms with Crippen molar-refractivity contribution in [2.45, 2.75) is 32.4 Å². The van der Waals surface area contributed by atoms with Gasteiger partial charge in [0.25, 0.3) is 5.69 Å². The Kier molecular flexibility index (Phi) is 3.58. The molecule has 0 spiro atoms. The van der Waals surface area contributed by atoms with Crippen LogP contribution in [-0.2, 0) is 11.3 Å². The molecule has 1 heterocycles. The highest BCUT2D eigenvalue weighted by Gasteiger charge is 2.27. The van der Waals surface area contributed by atoms with Crippen LogP contribution in [0.1, 0.15) is 40.6 Å². The van der Waals surface area contributed by atoms with Crippen LogP contribution in [-0.4, -0.2) is 25.7 Å². The van der Waals surface area contributed by atoms with Crippen LogP contribution in [0.4, 0.5) is 5.69 Å². The number of carbonyl (C=O) groups excluding carboxylic acids is 1. The lowest BCUT2D eigenvalue weighted by Crippen LogP contribution is -2.11. The van der Waals surface area contributed by atoms with Gasteiger partial charge in [-0.25, -0.2) is 4.79 Å². The van der Waals surface area contributed by atoms with E-state index in [1.165, 1.54) is 6.07 Å². The summed E-state index contributed by atoms with van der Waals surface area (Å²) in [7, 11) is 0. The molecule has 1 saturated carbocycles. The van der Waals surface area contributed by atoms with Gasteiger partial charge in [-0.1, -0.05) is 12.1 Å². The Hall–Kier alpha value is -2.77. The third-order valence-corrected chi connectivity index (χ3v) is 3.56. The van der Waals surface area contributed by atoms with E-state index in [0.717, 1.165) is 12.8 Å². The lowest BCUT2D eigenvalue weighted by molar-refractivity contribution is -0.385. The minimum absolute atomic E-state index is 0.0533. The summed E-state index contributed by atoms with van der Waals surface area (Å²) in [6.07, 6.45) is 3.72. The Labute approximate surface area is 125 Å². The Morgan fingerprint density at radius 2 is 2.27 bits per heavy atom. The molecule has 1 aromatic heterocycles. The van der Waals surface area contributed by atoms with Gasteiger partial charge in [-0.3, -0.25) is 10.1 Å². The molecular weight excluding hydrogens is 288 g/mol. The second-order valence-corrected chi connectivity index (χ2v) is 5.19. The molecule has 114 valence electrons. The van der Waals surface area contributed by atoms with Crippen molar-refractivity contribution in [2.24, 2.45) is 0 Å². The molecule has 22 heavy (non-hydrogen) atoms. The monoisotopic (exact) mass is 302 g/mol. The molecule has 2 aromatic rings. The Balaban J connectivity index is 1.76.